The van der Waals surface area contributed by atoms with Gasteiger partial charge in [-0.25, -0.2) is 0 Å². The molecule has 0 saturated carbocycles. The van der Waals surface area contributed by atoms with Crippen LogP contribution in [0.2, 0.25) is 0 Å². The quantitative estimate of drug-likeness (QED) is 0.814. The molecule has 2 N–H and O–H groups in total. The van der Waals surface area contributed by atoms with Gasteiger partial charge in [-0.1, -0.05) is 24.6 Å². The first-order valence-electron chi connectivity index (χ1n) is 5.57. The molecule has 0 fully saturated rings. The van der Waals surface area contributed by atoms with E-state index in [1.54, 1.807) is 0 Å². The number of rotatable bonds is 4. The number of benzene rings is 1. The second-order valence-electron chi connectivity index (χ2n) is 4.08. The number of nitrogens with one attached hydrogen (secondary N) is 1. The lowest BCUT2D eigenvalue weighted by Crippen LogP contribution is -2.37. The lowest BCUT2D eigenvalue weighted by atomic mass is 10.0. The van der Waals surface area contributed by atoms with Crippen LogP contribution in [0.3, 0.4) is 0 Å². The van der Waals surface area contributed by atoms with Crippen LogP contribution in [0.5, 0.6) is 0 Å². The van der Waals surface area contributed by atoms with E-state index in [0.29, 0.717) is 5.56 Å². The summed E-state index contributed by atoms with van der Waals surface area (Å²) < 4.78 is 0. The Bertz CT molecular complexity index is 370. The van der Waals surface area contributed by atoms with Gasteiger partial charge in [-0.05, 0) is 31.9 Å². The molecule has 1 amide bonds. The number of carbonyl (C=O) groups is 1. The Morgan fingerprint density at radius 2 is 2.12 bits per heavy atom. The van der Waals surface area contributed by atoms with E-state index in [9.17, 15) is 4.79 Å². The molecule has 0 aliphatic rings. The number of amides is 1. The summed E-state index contributed by atoms with van der Waals surface area (Å²) in [7, 11) is 0. The molecule has 0 heterocycles. The predicted octanol–water partition coefficient (Wildman–Crippen LogP) is 1.80. The number of aliphatic hydroxyl groups is 1. The summed E-state index contributed by atoms with van der Waals surface area (Å²) in [5.74, 6) is -0.109. The zero-order valence-electron chi connectivity index (χ0n) is 10.1. The summed E-state index contributed by atoms with van der Waals surface area (Å²) in [6.07, 6.45) is 0.729. The molecule has 0 aliphatic heterocycles. The van der Waals surface area contributed by atoms with E-state index in [0.717, 1.165) is 17.5 Å². The molecular formula is C13H19NO2. The van der Waals surface area contributed by atoms with Gasteiger partial charge in [0, 0.05) is 5.56 Å². The average Bonchev–Trinajstić information content (AvgIpc) is 2.28. The van der Waals surface area contributed by atoms with Gasteiger partial charge < -0.3 is 10.4 Å². The molecule has 0 spiro atoms. The van der Waals surface area contributed by atoms with E-state index in [4.69, 9.17) is 5.11 Å². The summed E-state index contributed by atoms with van der Waals surface area (Å²) in [6, 6.07) is 5.63. The van der Waals surface area contributed by atoms with Crippen molar-refractivity contribution in [3.8, 4) is 0 Å². The fourth-order valence-electron chi connectivity index (χ4n) is 1.52. The van der Waals surface area contributed by atoms with Crippen molar-refractivity contribution in [1.29, 1.82) is 0 Å². The normalized spacial score (nSPS) is 12.2. The summed E-state index contributed by atoms with van der Waals surface area (Å²) in [6.45, 7) is 5.78. The van der Waals surface area contributed by atoms with E-state index in [-0.39, 0.29) is 18.6 Å². The third-order valence-electron chi connectivity index (χ3n) is 2.69. The van der Waals surface area contributed by atoms with Crippen LogP contribution in [0.25, 0.3) is 0 Å². The monoisotopic (exact) mass is 221 g/mol. The van der Waals surface area contributed by atoms with E-state index in [2.05, 4.69) is 5.32 Å². The van der Waals surface area contributed by atoms with Crippen molar-refractivity contribution in [1.82, 2.24) is 5.32 Å². The first-order valence-corrected chi connectivity index (χ1v) is 5.57. The first-order chi connectivity index (χ1) is 7.58. The maximum atomic E-state index is 11.9. The number of hydrogen-bond acceptors (Lipinski definition) is 2. The summed E-state index contributed by atoms with van der Waals surface area (Å²) in [4.78, 5) is 11.9. The van der Waals surface area contributed by atoms with Crippen LogP contribution < -0.4 is 5.32 Å². The molecule has 3 nitrogen and oxygen atoms in total. The Morgan fingerprint density at radius 1 is 1.44 bits per heavy atom. The van der Waals surface area contributed by atoms with Crippen molar-refractivity contribution in [3.63, 3.8) is 0 Å². The minimum Gasteiger partial charge on any atom is -0.394 e. The Balaban J connectivity index is 2.83. The van der Waals surface area contributed by atoms with Gasteiger partial charge >= 0.3 is 0 Å². The zero-order valence-corrected chi connectivity index (χ0v) is 10.1. The Hall–Kier alpha value is -1.35. The van der Waals surface area contributed by atoms with E-state index >= 15 is 0 Å². The highest BCUT2D eigenvalue weighted by Gasteiger charge is 2.13. The molecule has 0 bridgehead atoms. The topological polar surface area (TPSA) is 49.3 Å². The fourth-order valence-corrected chi connectivity index (χ4v) is 1.52. The van der Waals surface area contributed by atoms with Gasteiger partial charge in [0.25, 0.3) is 5.91 Å². The fraction of sp³-hybridized carbons (Fsp3) is 0.462. The molecule has 0 radical (unpaired) electrons. The summed E-state index contributed by atoms with van der Waals surface area (Å²) in [5, 5.41) is 11.8. The molecule has 1 rings (SSSR count). The standard InChI is InChI=1S/C13H19NO2/c1-4-11(8-15)14-13(16)12-7-9(2)5-6-10(12)3/h5-7,11,15H,4,8H2,1-3H3,(H,14,16)/t11-/m0/s1. The highest BCUT2D eigenvalue weighted by Crippen LogP contribution is 2.10. The second-order valence-corrected chi connectivity index (χ2v) is 4.08. The van der Waals surface area contributed by atoms with Crippen molar-refractivity contribution in [2.75, 3.05) is 6.61 Å². The molecular weight excluding hydrogens is 202 g/mol. The van der Waals surface area contributed by atoms with Gasteiger partial charge in [0.2, 0.25) is 0 Å². The summed E-state index contributed by atoms with van der Waals surface area (Å²) >= 11 is 0. The minimum absolute atomic E-state index is 0.0207. The van der Waals surface area contributed by atoms with Gasteiger partial charge in [-0.2, -0.15) is 0 Å². The molecule has 1 aromatic rings. The van der Waals surface area contributed by atoms with Crippen LogP contribution in [0, 0.1) is 13.8 Å². The molecule has 0 aromatic heterocycles. The van der Waals surface area contributed by atoms with Gasteiger partial charge in [0.15, 0.2) is 0 Å². The van der Waals surface area contributed by atoms with Crippen molar-refractivity contribution in [2.45, 2.75) is 33.2 Å². The Labute approximate surface area is 96.5 Å². The van der Waals surface area contributed by atoms with Crippen molar-refractivity contribution >= 4 is 5.91 Å². The van der Waals surface area contributed by atoms with Gasteiger partial charge in [0.1, 0.15) is 0 Å². The molecule has 1 aromatic carbocycles. The van der Waals surface area contributed by atoms with E-state index in [1.165, 1.54) is 0 Å². The van der Waals surface area contributed by atoms with Crippen LogP contribution in [0.4, 0.5) is 0 Å². The van der Waals surface area contributed by atoms with Crippen molar-refractivity contribution in [2.24, 2.45) is 0 Å². The maximum Gasteiger partial charge on any atom is 0.251 e. The SMILES string of the molecule is CC[C@@H](CO)NC(=O)c1cc(C)ccc1C. The Morgan fingerprint density at radius 3 is 2.69 bits per heavy atom. The average molecular weight is 221 g/mol. The second kappa shape index (κ2) is 5.66. The highest BCUT2D eigenvalue weighted by atomic mass is 16.3. The lowest BCUT2D eigenvalue weighted by molar-refractivity contribution is 0.0914. The smallest absolute Gasteiger partial charge is 0.251 e. The number of hydrogen-bond donors (Lipinski definition) is 2. The molecule has 16 heavy (non-hydrogen) atoms. The third kappa shape index (κ3) is 3.07. The number of carbonyl (C=O) groups excluding carboxylic acids is 1. The third-order valence-corrected chi connectivity index (χ3v) is 2.69. The highest BCUT2D eigenvalue weighted by molar-refractivity contribution is 5.96. The van der Waals surface area contributed by atoms with Crippen LogP contribution in [0.15, 0.2) is 18.2 Å². The molecule has 88 valence electrons. The minimum atomic E-state index is -0.160. The Kier molecular flexibility index (Phi) is 4.50. The van der Waals surface area contributed by atoms with Gasteiger partial charge in [0.05, 0.1) is 12.6 Å². The summed E-state index contributed by atoms with van der Waals surface area (Å²) in [5.41, 5.74) is 2.70. The molecule has 0 unspecified atom stereocenters. The van der Waals surface area contributed by atoms with Crippen LogP contribution in [-0.2, 0) is 0 Å². The first kappa shape index (κ1) is 12.7. The molecule has 1 atom stereocenters. The molecule has 0 saturated heterocycles. The lowest BCUT2D eigenvalue weighted by Gasteiger charge is -2.15. The van der Waals surface area contributed by atoms with Gasteiger partial charge in [-0.15, -0.1) is 0 Å². The van der Waals surface area contributed by atoms with Crippen LogP contribution in [0.1, 0.15) is 34.8 Å². The maximum absolute atomic E-state index is 11.9. The number of aliphatic hydroxyl groups excluding tert-OH is 1. The van der Waals surface area contributed by atoms with E-state index < -0.39 is 0 Å². The van der Waals surface area contributed by atoms with Crippen LogP contribution >= 0.6 is 0 Å². The largest absolute Gasteiger partial charge is 0.394 e. The number of aryl methyl sites for hydroxylation is 2. The van der Waals surface area contributed by atoms with E-state index in [1.807, 2.05) is 39.0 Å². The molecule has 0 aliphatic carbocycles. The zero-order chi connectivity index (χ0) is 12.1. The van der Waals surface area contributed by atoms with Crippen LogP contribution in [-0.4, -0.2) is 23.7 Å². The van der Waals surface area contributed by atoms with Crippen molar-refractivity contribution < 1.29 is 9.90 Å². The predicted molar refractivity (Wildman–Crippen MR) is 64.5 cm³/mol. The molecule has 3 heteroatoms. The van der Waals surface area contributed by atoms with Gasteiger partial charge in [-0.3, -0.25) is 4.79 Å². The van der Waals surface area contributed by atoms with Crippen molar-refractivity contribution in [3.05, 3.63) is 34.9 Å².